The monoisotopic (exact) mass is 346 g/mol. The van der Waals surface area contributed by atoms with E-state index in [4.69, 9.17) is 0 Å². The highest BCUT2D eigenvalue weighted by Gasteiger charge is 2.14. The van der Waals surface area contributed by atoms with Crippen molar-refractivity contribution in [3.63, 3.8) is 0 Å². The molecule has 1 unspecified atom stereocenters. The Hall–Kier alpha value is -2.65. The molecule has 0 fully saturated rings. The van der Waals surface area contributed by atoms with E-state index in [2.05, 4.69) is 36.4 Å². The van der Waals surface area contributed by atoms with Crippen LogP contribution < -0.4 is 0 Å². The highest BCUT2D eigenvalue weighted by Crippen LogP contribution is 2.35. The van der Waals surface area contributed by atoms with Crippen LogP contribution in [-0.4, -0.2) is 12.6 Å². The SMILES string of the molecule is O=CCC(C=O)c1ccccc1Sc1ccc(-c2ccccc2)cc1. The van der Waals surface area contributed by atoms with Gasteiger partial charge < -0.3 is 9.59 Å². The third kappa shape index (κ3) is 4.25. The van der Waals surface area contributed by atoms with E-state index in [9.17, 15) is 9.59 Å². The molecular formula is C22H18O2S. The molecule has 124 valence electrons. The molecular weight excluding hydrogens is 328 g/mol. The van der Waals surface area contributed by atoms with Crippen LogP contribution in [0.5, 0.6) is 0 Å². The molecule has 0 heterocycles. The van der Waals surface area contributed by atoms with Gasteiger partial charge in [-0.3, -0.25) is 0 Å². The van der Waals surface area contributed by atoms with Gasteiger partial charge in [0.05, 0.1) is 0 Å². The Labute approximate surface area is 151 Å². The number of hydrogen-bond donors (Lipinski definition) is 0. The first kappa shape index (κ1) is 17.2. The molecule has 3 aromatic rings. The lowest BCUT2D eigenvalue weighted by Crippen LogP contribution is -2.02. The van der Waals surface area contributed by atoms with Crippen LogP contribution in [-0.2, 0) is 9.59 Å². The predicted molar refractivity (Wildman–Crippen MR) is 102 cm³/mol. The summed E-state index contributed by atoms with van der Waals surface area (Å²) in [4.78, 5) is 24.3. The molecule has 3 heteroatoms. The van der Waals surface area contributed by atoms with Gasteiger partial charge in [-0.2, -0.15) is 0 Å². The van der Waals surface area contributed by atoms with Gasteiger partial charge in [0.25, 0.3) is 0 Å². The van der Waals surface area contributed by atoms with Crippen molar-refractivity contribution in [2.45, 2.75) is 22.1 Å². The van der Waals surface area contributed by atoms with Gasteiger partial charge in [0.1, 0.15) is 12.6 Å². The van der Waals surface area contributed by atoms with Gasteiger partial charge in [-0.05, 0) is 34.9 Å². The normalized spacial score (nSPS) is 11.7. The number of benzene rings is 3. The summed E-state index contributed by atoms with van der Waals surface area (Å²) in [6, 6.07) is 26.4. The Morgan fingerprint density at radius 3 is 2.08 bits per heavy atom. The van der Waals surface area contributed by atoms with Crippen molar-refractivity contribution in [3.8, 4) is 11.1 Å². The summed E-state index contributed by atoms with van der Waals surface area (Å²) in [5.74, 6) is -0.384. The van der Waals surface area contributed by atoms with Gasteiger partial charge in [0.2, 0.25) is 0 Å². The van der Waals surface area contributed by atoms with Crippen molar-refractivity contribution < 1.29 is 9.59 Å². The lowest BCUT2D eigenvalue weighted by Gasteiger charge is -2.13. The molecule has 0 N–H and O–H groups in total. The predicted octanol–water partition coefficient (Wildman–Crippen LogP) is 5.38. The molecule has 1 atom stereocenters. The minimum absolute atomic E-state index is 0.216. The van der Waals surface area contributed by atoms with Gasteiger partial charge in [0.15, 0.2) is 0 Å². The van der Waals surface area contributed by atoms with Crippen molar-refractivity contribution in [1.82, 2.24) is 0 Å². The van der Waals surface area contributed by atoms with Crippen LogP contribution in [0.1, 0.15) is 17.9 Å². The molecule has 0 bridgehead atoms. The zero-order chi connectivity index (χ0) is 17.5. The highest BCUT2D eigenvalue weighted by molar-refractivity contribution is 7.99. The second-order valence-electron chi connectivity index (χ2n) is 5.68. The van der Waals surface area contributed by atoms with E-state index in [1.165, 1.54) is 11.1 Å². The zero-order valence-electron chi connectivity index (χ0n) is 13.7. The standard InChI is InChI=1S/C22H18O2S/c23-15-14-19(16-24)21-8-4-5-9-22(21)25-20-12-10-18(11-13-20)17-6-2-1-3-7-17/h1-13,15-16,19H,14H2. The summed E-state index contributed by atoms with van der Waals surface area (Å²) < 4.78 is 0. The van der Waals surface area contributed by atoms with E-state index in [0.29, 0.717) is 0 Å². The Morgan fingerprint density at radius 1 is 0.760 bits per heavy atom. The molecule has 2 nitrogen and oxygen atoms in total. The maximum absolute atomic E-state index is 11.3. The van der Waals surface area contributed by atoms with Crippen LogP contribution in [0.25, 0.3) is 11.1 Å². The first-order valence-corrected chi connectivity index (χ1v) is 8.94. The zero-order valence-corrected chi connectivity index (χ0v) is 14.5. The van der Waals surface area contributed by atoms with E-state index in [-0.39, 0.29) is 12.3 Å². The Morgan fingerprint density at radius 2 is 1.40 bits per heavy atom. The molecule has 0 aliphatic heterocycles. The number of hydrogen-bond acceptors (Lipinski definition) is 3. The maximum Gasteiger partial charge on any atom is 0.127 e. The molecule has 3 rings (SSSR count). The fourth-order valence-electron chi connectivity index (χ4n) is 2.71. The van der Waals surface area contributed by atoms with Gasteiger partial charge in [-0.25, -0.2) is 0 Å². The number of aldehydes is 2. The summed E-state index contributed by atoms with van der Waals surface area (Å²) in [5, 5.41) is 0. The molecule has 0 aliphatic carbocycles. The van der Waals surface area contributed by atoms with Gasteiger partial charge in [-0.1, -0.05) is 72.4 Å². The molecule has 0 amide bonds. The van der Waals surface area contributed by atoms with Crippen LogP contribution in [0, 0.1) is 0 Å². The van der Waals surface area contributed by atoms with Gasteiger partial charge >= 0.3 is 0 Å². The maximum atomic E-state index is 11.3. The van der Waals surface area contributed by atoms with Crippen molar-refractivity contribution in [2.24, 2.45) is 0 Å². The molecule has 0 saturated carbocycles. The molecule has 0 aliphatic rings. The van der Waals surface area contributed by atoms with Crippen LogP contribution in [0.4, 0.5) is 0 Å². The summed E-state index contributed by atoms with van der Waals surface area (Å²) in [6.07, 6.45) is 1.87. The Balaban J connectivity index is 1.83. The lowest BCUT2D eigenvalue weighted by atomic mass is 9.98. The number of rotatable bonds is 7. The van der Waals surface area contributed by atoms with E-state index >= 15 is 0 Å². The quantitative estimate of drug-likeness (QED) is 0.539. The molecule has 0 radical (unpaired) electrons. The summed E-state index contributed by atoms with van der Waals surface area (Å²) in [5.41, 5.74) is 3.26. The average molecular weight is 346 g/mol. The lowest BCUT2D eigenvalue weighted by molar-refractivity contribution is -0.113. The molecule has 25 heavy (non-hydrogen) atoms. The van der Waals surface area contributed by atoms with E-state index in [1.807, 2.05) is 42.5 Å². The smallest absolute Gasteiger partial charge is 0.127 e. The summed E-state index contributed by atoms with van der Waals surface area (Å²) >= 11 is 1.61. The van der Waals surface area contributed by atoms with E-state index < -0.39 is 0 Å². The summed E-state index contributed by atoms with van der Waals surface area (Å²) in [7, 11) is 0. The first-order chi connectivity index (χ1) is 12.3. The minimum Gasteiger partial charge on any atom is -0.303 e. The van der Waals surface area contributed by atoms with Gasteiger partial charge in [-0.15, -0.1) is 0 Å². The average Bonchev–Trinajstić information content (AvgIpc) is 2.68. The van der Waals surface area contributed by atoms with Crippen LogP contribution >= 0.6 is 11.8 Å². The Bertz CT molecular complexity index is 841. The first-order valence-electron chi connectivity index (χ1n) is 8.13. The van der Waals surface area contributed by atoms with Gasteiger partial charge in [0, 0.05) is 22.1 Å². The highest BCUT2D eigenvalue weighted by atomic mass is 32.2. The van der Waals surface area contributed by atoms with E-state index in [1.54, 1.807) is 11.8 Å². The molecule has 0 saturated heterocycles. The van der Waals surface area contributed by atoms with Crippen LogP contribution in [0.2, 0.25) is 0 Å². The van der Waals surface area contributed by atoms with Crippen LogP contribution in [0.3, 0.4) is 0 Å². The third-order valence-electron chi connectivity index (χ3n) is 4.02. The topological polar surface area (TPSA) is 34.1 Å². The second kappa shape index (κ2) is 8.45. The van der Waals surface area contributed by atoms with Crippen molar-refractivity contribution in [3.05, 3.63) is 84.4 Å². The van der Waals surface area contributed by atoms with Crippen molar-refractivity contribution in [1.29, 1.82) is 0 Å². The summed E-state index contributed by atoms with van der Waals surface area (Å²) in [6.45, 7) is 0. The van der Waals surface area contributed by atoms with Crippen molar-refractivity contribution >= 4 is 24.3 Å². The van der Waals surface area contributed by atoms with E-state index in [0.717, 1.165) is 27.9 Å². The van der Waals surface area contributed by atoms with Crippen molar-refractivity contribution in [2.75, 3.05) is 0 Å². The molecule has 0 spiro atoms. The second-order valence-corrected chi connectivity index (χ2v) is 6.79. The molecule has 0 aromatic heterocycles. The van der Waals surface area contributed by atoms with Crippen LogP contribution in [0.15, 0.2) is 88.7 Å². The molecule has 3 aromatic carbocycles. The minimum atomic E-state index is -0.384. The largest absolute Gasteiger partial charge is 0.303 e. The number of carbonyl (C=O) groups is 2. The third-order valence-corrected chi connectivity index (χ3v) is 5.12. The number of carbonyl (C=O) groups excluding carboxylic acids is 2. The fourth-order valence-corrected chi connectivity index (χ4v) is 3.72. The fraction of sp³-hybridized carbons (Fsp3) is 0.0909. The Kier molecular flexibility index (Phi) is 5.81.